The number of nitrogens with one attached hydrogen (secondary N) is 2. The molecule has 0 saturated carbocycles. The molecule has 1 aromatic carbocycles. The number of benzene rings is 1. The summed E-state index contributed by atoms with van der Waals surface area (Å²) in [4.78, 5) is 23.4. The lowest BCUT2D eigenvalue weighted by Crippen LogP contribution is -2.50. The van der Waals surface area contributed by atoms with E-state index in [1.54, 1.807) is 7.05 Å². The highest BCUT2D eigenvalue weighted by Gasteiger charge is 2.24. The number of carbonyl (C=O) groups is 1. The molecule has 0 aliphatic carbocycles. The number of aromatic nitrogens is 3. The maximum atomic E-state index is 12.7. The van der Waals surface area contributed by atoms with Crippen LogP contribution in [0.2, 0.25) is 0 Å². The number of aryl methyl sites for hydroxylation is 2. The lowest BCUT2D eigenvalue weighted by Gasteiger charge is -2.32. The van der Waals surface area contributed by atoms with E-state index in [0.29, 0.717) is 11.9 Å². The van der Waals surface area contributed by atoms with Gasteiger partial charge in [0.25, 0.3) is 0 Å². The van der Waals surface area contributed by atoms with Gasteiger partial charge in [0.1, 0.15) is 11.6 Å². The van der Waals surface area contributed by atoms with Crippen LogP contribution in [-0.4, -0.2) is 64.3 Å². The van der Waals surface area contributed by atoms with Gasteiger partial charge in [0.05, 0.1) is 13.1 Å². The summed E-state index contributed by atoms with van der Waals surface area (Å²) in [6.45, 7) is 4.62. The molecule has 2 aliphatic heterocycles. The minimum absolute atomic E-state index is 0. The maximum absolute atomic E-state index is 12.7. The van der Waals surface area contributed by atoms with Crippen LogP contribution < -0.4 is 10.6 Å². The Morgan fingerprint density at radius 1 is 1.19 bits per heavy atom. The molecule has 1 atom stereocenters. The fourth-order valence-electron chi connectivity index (χ4n) is 4.54. The smallest absolute Gasteiger partial charge is 0.241 e. The summed E-state index contributed by atoms with van der Waals surface area (Å²) in [7, 11) is 1.74. The third-order valence-electron chi connectivity index (χ3n) is 6.27. The molecule has 2 N–H and O–H groups in total. The second-order valence-electron chi connectivity index (χ2n) is 8.58. The molecule has 2 aromatic rings. The number of hydrogen-bond acceptors (Lipinski definition) is 4. The fraction of sp³-hybridized carbons (Fsp3) is 0.565. The Labute approximate surface area is 207 Å². The summed E-state index contributed by atoms with van der Waals surface area (Å²) in [5, 5.41) is 11.1. The Bertz CT molecular complexity index is 906. The number of carbonyl (C=O) groups excluding carboxylic acids is 1. The summed E-state index contributed by atoms with van der Waals surface area (Å²) in [6, 6.07) is 10.9. The maximum Gasteiger partial charge on any atom is 0.241 e. The first-order valence-electron chi connectivity index (χ1n) is 11.3. The van der Waals surface area contributed by atoms with Gasteiger partial charge >= 0.3 is 0 Å². The number of hydrogen-bond donors (Lipinski definition) is 2. The summed E-state index contributed by atoms with van der Waals surface area (Å²) in [6.07, 6.45) is 5.10. The van der Waals surface area contributed by atoms with Crippen LogP contribution in [0.3, 0.4) is 0 Å². The summed E-state index contributed by atoms with van der Waals surface area (Å²) >= 11 is 0. The highest BCUT2D eigenvalue weighted by atomic mass is 127. The number of likely N-dealkylation sites (tertiary alicyclic amines) is 1. The van der Waals surface area contributed by atoms with Crippen LogP contribution in [0.15, 0.2) is 35.3 Å². The molecule has 1 fully saturated rings. The van der Waals surface area contributed by atoms with Crippen molar-refractivity contribution in [1.29, 1.82) is 0 Å². The minimum atomic E-state index is 0. The first-order chi connectivity index (χ1) is 15.1. The molecule has 1 unspecified atom stereocenters. The predicted molar refractivity (Wildman–Crippen MR) is 136 cm³/mol. The monoisotopic (exact) mass is 551 g/mol. The number of halogens is 1. The Morgan fingerprint density at radius 3 is 2.66 bits per heavy atom. The van der Waals surface area contributed by atoms with Crippen LogP contribution in [-0.2, 0) is 24.2 Å². The molecule has 1 aromatic heterocycles. The van der Waals surface area contributed by atoms with Gasteiger partial charge in [0.2, 0.25) is 5.91 Å². The Morgan fingerprint density at radius 2 is 1.94 bits per heavy atom. The van der Waals surface area contributed by atoms with E-state index in [2.05, 4.69) is 56.0 Å². The zero-order valence-electron chi connectivity index (χ0n) is 19.0. The van der Waals surface area contributed by atoms with Crippen LogP contribution in [0.4, 0.5) is 0 Å². The molecule has 32 heavy (non-hydrogen) atoms. The lowest BCUT2D eigenvalue weighted by molar-refractivity contribution is -0.131. The topological polar surface area (TPSA) is 87.4 Å². The van der Waals surface area contributed by atoms with Gasteiger partial charge in [-0.2, -0.15) is 5.10 Å². The van der Waals surface area contributed by atoms with E-state index in [1.807, 2.05) is 16.5 Å². The first kappa shape index (κ1) is 24.5. The Balaban J connectivity index is 0.00000289. The van der Waals surface area contributed by atoms with Crippen LogP contribution in [0, 0.1) is 12.8 Å². The predicted octanol–water partition coefficient (Wildman–Crippen LogP) is 2.17. The number of guanidine groups is 1. The SMILES string of the molecule is CN=C(NCC(=O)N1CCC(Cc2ccccc2)CC1)NC1CCc2nc(C)nn2C1.I. The Kier molecular flexibility index (Phi) is 8.89. The van der Waals surface area contributed by atoms with Crippen molar-refractivity contribution in [3.05, 3.63) is 47.5 Å². The van der Waals surface area contributed by atoms with E-state index in [9.17, 15) is 4.79 Å². The van der Waals surface area contributed by atoms with Crippen molar-refractivity contribution < 1.29 is 4.79 Å². The average Bonchev–Trinajstić information content (AvgIpc) is 3.17. The number of amides is 1. The summed E-state index contributed by atoms with van der Waals surface area (Å²) < 4.78 is 1.97. The molecule has 8 nitrogen and oxygen atoms in total. The quantitative estimate of drug-likeness (QED) is 0.338. The number of fused-ring (bicyclic) bond motifs is 1. The normalized spacial score (nSPS) is 19.1. The summed E-state index contributed by atoms with van der Waals surface area (Å²) in [5.74, 6) is 3.32. The van der Waals surface area contributed by atoms with E-state index < -0.39 is 0 Å². The summed E-state index contributed by atoms with van der Waals surface area (Å²) in [5.41, 5.74) is 1.39. The average molecular weight is 551 g/mol. The van der Waals surface area contributed by atoms with Crippen molar-refractivity contribution in [2.45, 2.75) is 51.6 Å². The third kappa shape index (κ3) is 6.43. The molecule has 1 amide bonds. The number of rotatable bonds is 5. The van der Waals surface area contributed by atoms with Crippen molar-refractivity contribution in [2.75, 3.05) is 26.7 Å². The zero-order valence-corrected chi connectivity index (χ0v) is 21.3. The van der Waals surface area contributed by atoms with Gasteiger partial charge in [0.15, 0.2) is 5.96 Å². The van der Waals surface area contributed by atoms with E-state index >= 15 is 0 Å². The molecular formula is C23H34IN7O. The fourth-order valence-corrected chi connectivity index (χ4v) is 4.54. The van der Waals surface area contributed by atoms with Crippen LogP contribution >= 0.6 is 24.0 Å². The Hall–Kier alpha value is -2.17. The molecule has 1 saturated heterocycles. The van der Waals surface area contributed by atoms with Gasteiger partial charge in [0, 0.05) is 32.6 Å². The second-order valence-corrected chi connectivity index (χ2v) is 8.58. The molecule has 0 bridgehead atoms. The highest BCUT2D eigenvalue weighted by molar-refractivity contribution is 14.0. The van der Waals surface area contributed by atoms with Crippen LogP contribution in [0.1, 0.15) is 36.5 Å². The van der Waals surface area contributed by atoms with E-state index in [0.717, 1.165) is 63.4 Å². The first-order valence-corrected chi connectivity index (χ1v) is 11.3. The van der Waals surface area contributed by atoms with Gasteiger partial charge in [-0.15, -0.1) is 24.0 Å². The largest absolute Gasteiger partial charge is 0.352 e. The lowest BCUT2D eigenvalue weighted by atomic mass is 9.90. The molecule has 174 valence electrons. The number of nitrogens with zero attached hydrogens (tertiary/aromatic N) is 5. The molecule has 4 rings (SSSR count). The van der Waals surface area contributed by atoms with Crippen molar-refractivity contribution in [3.8, 4) is 0 Å². The van der Waals surface area contributed by atoms with Gasteiger partial charge in [-0.1, -0.05) is 30.3 Å². The molecule has 0 radical (unpaired) electrons. The van der Waals surface area contributed by atoms with E-state index in [1.165, 1.54) is 5.56 Å². The molecule has 0 spiro atoms. The highest BCUT2D eigenvalue weighted by Crippen LogP contribution is 2.21. The number of piperidine rings is 1. The molecule has 2 aliphatic rings. The van der Waals surface area contributed by atoms with Crippen LogP contribution in [0.25, 0.3) is 0 Å². The standard InChI is InChI=1S/C23H33N7O.HI/c1-17-26-21-9-8-20(16-30(21)28-17)27-23(24-2)25-15-22(31)29-12-10-19(11-13-29)14-18-6-4-3-5-7-18;/h3-7,19-20H,8-16H2,1-2H3,(H2,24,25,27);1H. The van der Waals surface area contributed by atoms with Crippen LogP contribution in [0.5, 0.6) is 0 Å². The molecular weight excluding hydrogens is 517 g/mol. The minimum Gasteiger partial charge on any atom is -0.352 e. The van der Waals surface area contributed by atoms with Crippen molar-refractivity contribution in [3.63, 3.8) is 0 Å². The second kappa shape index (κ2) is 11.6. The van der Waals surface area contributed by atoms with Gasteiger partial charge < -0.3 is 15.5 Å². The number of aliphatic imine (C=N–C) groups is 1. The van der Waals surface area contributed by atoms with Crippen molar-refractivity contribution in [2.24, 2.45) is 10.9 Å². The molecule has 9 heteroatoms. The zero-order chi connectivity index (χ0) is 21.6. The van der Waals surface area contributed by atoms with E-state index in [-0.39, 0.29) is 42.5 Å². The van der Waals surface area contributed by atoms with Crippen molar-refractivity contribution >= 4 is 35.8 Å². The third-order valence-corrected chi connectivity index (χ3v) is 6.27. The molecule has 3 heterocycles. The van der Waals surface area contributed by atoms with Crippen molar-refractivity contribution in [1.82, 2.24) is 30.3 Å². The van der Waals surface area contributed by atoms with E-state index in [4.69, 9.17) is 0 Å². The van der Waals surface area contributed by atoms with Gasteiger partial charge in [-0.05, 0) is 44.1 Å². The van der Waals surface area contributed by atoms with Gasteiger partial charge in [-0.3, -0.25) is 9.79 Å². The van der Waals surface area contributed by atoms with Gasteiger partial charge in [-0.25, -0.2) is 9.67 Å².